The summed E-state index contributed by atoms with van der Waals surface area (Å²) in [5, 5.41) is 21.1. The van der Waals surface area contributed by atoms with Gasteiger partial charge in [-0.2, -0.15) is 0 Å². The Hall–Kier alpha value is -3.80. The molecule has 0 amide bonds. The first-order valence-electron chi connectivity index (χ1n) is 9.26. The monoisotopic (exact) mass is 528 g/mol. The van der Waals surface area contributed by atoms with E-state index in [-0.39, 0.29) is 0 Å². The summed E-state index contributed by atoms with van der Waals surface area (Å²) < 4.78 is 42.2. The van der Waals surface area contributed by atoms with Crippen LogP contribution in [0.2, 0.25) is 0 Å². The Kier molecular flexibility index (Phi) is 9.46. The number of hydrogen-bond acceptors (Lipinski definition) is 10. The van der Waals surface area contributed by atoms with Crippen LogP contribution in [0.25, 0.3) is 0 Å². The summed E-state index contributed by atoms with van der Waals surface area (Å²) in [6.07, 6.45) is 0. The molecule has 0 aromatic heterocycles. The number of nitro groups is 2. The van der Waals surface area contributed by atoms with E-state index in [4.69, 9.17) is 23.4 Å². The molecule has 0 fully saturated rings. The third kappa shape index (κ3) is 8.81. The van der Waals surface area contributed by atoms with Gasteiger partial charge in [0.15, 0.2) is 0 Å². The summed E-state index contributed by atoms with van der Waals surface area (Å²) >= 11 is 0. The molecule has 35 heavy (non-hydrogen) atoms. The lowest BCUT2D eigenvalue weighted by molar-refractivity contribution is -0.422. The Bertz CT molecular complexity index is 1210. The molecule has 0 aliphatic carbocycles. The first-order chi connectivity index (χ1) is 16.4. The Morgan fingerprint density at radius 1 is 0.714 bits per heavy atom. The van der Waals surface area contributed by atoms with Crippen molar-refractivity contribution in [3.63, 3.8) is 0 Å². The molecular weight excluding hydrogens is 510 g/mol. The number of phosphoric acid groups is 2. The van der Waals surface area contributed by atoms with Crippen LogP contribution in [0.4, 0.5) is 11.4 Å². The van der Waals surface area contributed by atoms with Gasteiger partial charge < -0.3 is 13.6 Å². The van der Waals surface area contributed by atoms with Crippen LogP contribution in [0.15, 0.2) is 78.9 Å². The van der Waals surface area contributed by atoms with Crippen LogP contribution >= 0.6 is 15.6 Å². The normalized spacial score (nSPS) is 10.9. The molecule has 3 rings (SSSR count). The number of benzene rings is 3. The van der Waals surface area contributed by atoms with E-state index in [0.29, 0.717) is 11.5 Å². The summed E-state index contributed by atoms with van der Waals surface area (Å²) in [7, 11) is -7.39. The van der Waals surface area contributed by atoms with E-state index in [1.165, 1.54) is 7.11 Å². The van der Waals surface area contributed by atoms with Gasteiger partial charge in [0.05, 0.1) is 9.85 Å². The van der Waals surface area contributed by atoms with E-state index in [1.54, 1.807) is 48.5 Å². The second-order valence-electron chi connectivity index (χ2n) is 6.16. The van der Waals surface area contributed by atoms with Crippen LogP contribution in [0.5, 0.6) is 17.2 Å². The number of phosphoric ester groups is 2. The number of para-hydroxylation sites is 3. The Morgan fingerprint density at radius 2 is 1.20 bits per heavy atom. The van der Waals surface area contributed by atoms with E-state index in [0.717, 1.165) is 18.2 Å². The quantitative estimate of drug-likeness (QED) is 0.217. The second kappa shape index (κ2) is 12.1. The largest absolute Gasteiger partial charge is 0.587 e. The summed E-state index contributed by atoms with van der Waals surface area (Å²) in [6.45, 7) is 0. The molecule has 186 valence electrons. The molecule has 0 saturated heterocycles. The Morgan fingerprint density at radius 3 is 1.57 bits per heavy atom. The van der Waals surface area contributed by atoms with Gasteiger partial charge in [0.25, 0.3) is 0 Å². The topological polar surface area (TPSA) is 198 Å². The van der Waals surface area contributed by atoms with E-state index < -0.39 is 42.6 Å². The zero-order valence-electron chi connectivity index (χ0n) is 17.8. The minimum atomic E-state index is -5.03. The first kappa shape index (κ1) is 27.4. The molecule has 0 aliphatic rings. The van der Waals surface area contributed by atoms with Crippen LogP contribution < -0.4 is 13.6 Å². The van der Waals surface area contributed by atoms with Crippen molar-refractivity contribution in [2.75, 3.05) is 7.11 Å². The molecule has 0 bridgehead atoms. The molecule has 0 spiro atoms. The van der Waals surface area contributed by atoms with E-state index in [9.17, 15) is 29.4 Å². The number of hydrogen-bond donors (Lipinski definition) is 2. The smallest absolute Gasteiger partial charge is 0.397 e. The van der Waals surface area contributed by atoms with Crippen molar-refractivity contribution in [2.24, 2.45) is 0 Å². The van der Waals surface area contributed by atoms with E-state index >= 15 is 0 Å². The predicted octanol–water partition coefficient (Wildman–Crippen LogP) is 4.87. The summed E-state index contributed by atoms with van der Waals surface area (Å²) in [5.74, 6) is -0.00485. The molecule has 16 heteroatoms. The highest BCUT2D eigenvalue weighted by Crippen LogP contribution is 2.48. The van der Waals surface area contributed by atoms with Gasteiger partial charge in [-0.25, -0.2) is 9.13 Å². The lowest BCUT2D eigenvalue weighted by atomic mass is 10.2. The molecule has 2 N–H and O–H groups in total. The van der Waals surface area contributed by atoms with Gasteiger partial charge in [-0.3, -0.25) is 34.5 Å². The van der Waals surface area contributed by atoms with Crippen LogP contribution in [0.1, 0.15) is 0 Å². The van der Waals surface area contributed by atoms with Crippen molar-refractivity contribution in [3.8, 4) is 17.2 Å². The molecule has 14 nitrogen and oxygen atoms in total. The maximum atomic E-state index is 12.3. The fraction of sp³-hybridized carbons (Fsp3) is 0.0526. The first-order valence-corrected chi connectivity index (χ1v) is 12.2. The van der Waals surface area contributed by atoms with E-state index in [1.807, 2.05) is 12.1 Å². The molecule has 3 aromatic rings. The molecular formula is C19H18N2O12P2. The Labute approximate surface area is 197 Å². The summed E-state index contributed by atoms with van der Waals surface area (Å²) in [4.78, 5) is 35.9. The van der Waals surface area contributed by atoms with Gasteiger partial charge in [-0.1, -0.05) is 42.5 Å². The Balaban J connectivity index is 0.000000247. The lowest BCUT2D eigenvalue weighted by Gasteiger charge is -2.16. The fourth-order valence-corrected chi connectivity index (χ4v) is 3.71. The highest BCUT2D eigenvalue weighted by Gasteiger charge is 2.32. The van der Waals surface area contributed by atoms with Crippen molar-refractivity contribution in [1.82, 2.24) is 0 Å². The predicted molar refractivity (Wildman–Crippen MR) is 121 cm³/mol. The average molecular weight is 528 g/mol. The van der Waals surface area contributed by atoms with Crippen LogP contribution in [-0.2, 0) is 13.7 Å². The fourth-order valence-electron chi connectivity index (χ4n) is 2.36. The molecule has 0 unspecified atom stereocenters. The van der Waals surface area contributed by atoms with Crippen molar-refractivity contribution in [3.05, 3.63) is 99.1 Å². The SMILES string of the molecule is COP(=O)(Oc1ccccc1)Oc1ccccc1.O=[N+]([O-])c1cccc(OP(=O)(O)O)c1[N+](=O)[O-]. The minimum absolute atomic E-state index is 0.429. The number of rotatable bonds is 9. The van der Waals surface area contributed by atoms with Crippen molar-refractivity contribution < 1.29 is 46.9 Å². The van der Waals surface area contributed by atoms with Crippen LogP contribution in [0, 0.1) is 20.2 Å². The molecule has 3 aromatic carbocycles. The van der Waals surface area contributed by atoms with Gasteiger partial charge in [0, 0.05) is 13.2 Å². The van der Waals surface area contributed by atoms with Crippen molar-refractivity contribution in [1.29, 1.82) is 0 Å². The van der Waals surface area contributed by atoms with Crippen molar-refractivity contribution >= 4 is 27.0 Å². The van der Waals surface area contributed by atoms with Gasteiger partial charge in [-0.15, -0.1) is 0 Å². The zero-order chi connectivity index (χ0) is 26.1. The zero-order valence-corrected chi connectivity index (χ0v) is 19.6. The maximum Gasteiger partial charge on any atom is 0.587 e. The van der Waals surface area contributed by atoms with Crippen LogP contribution in [0.3, 0.4) is 0 Å². The molecule has 0 saturated carbocycles. The average Bonchev–Trinajstić information content (AvgIpc) is 2.79. The highest BCUT2D eigenvalue weighted by molar-refractivity contribution is 7.49. The minimum Gasteiger partial charge on any atom is -0.397 e. The van der Waals surface area contributed by atoms with Gasteiger partial charge >= 0.3 is 27.0 Å². The standard InChI is InChI=1S/C13H13O4P.C6H5N2O8P/c1-15-18(14,16-12-8-4-2-5-9-12)17-13-10-6-3-7-11-13;9-7(10)4-2-1-3-5(6(4)8(11)12)16-17(13,14)15/h2-11H,1H3;1-3H,(H2,13,14,15). The highest BCUT2D eigenvalue weighted by atomic mass is 31.2. The second-order valence-corrected chi connectivity index (χ2v) is 8.95. The third-order valence-electron chi connectivity index (χ3n) is 3.72. The van der Waals surface area contributed by atoms with Gasteiger partial charge in [0.1, 0.15) is 11.5 Å². The number of nitro benzene ring substituents is 2. The molecule has 0 heterocycles. The maximum absolute atomic E-state index is 12.3. The lowest BCUT2D eigenvalue weighted by Crippen LogP contribution is -2.02. The van der Waals surface area contributed by atoms with E-state index in [2.05, 4.69) is 4.52 Å². The molecule has 0 atom stereocenters. The van der Waals surface area contributed by atoms with Crippen molar-refractivity contribution in [2.45, 2.75) is 0 Å². The third-order valence-corrected chi connectivity index (χ3v) is 5.47. The molecule has 0 radical (unpaired) electrons. The van der Waals surface area contributed by atoms with Crippen LogP contribution in [-0.4, -0.2) is 26.7 Å². The van der Waals surface area contributed by atoms with Gasteiger partial charge in [0.2, 0.25) is 5.75 Å². The molecule has 0 aliphatic heterocycles. The summed E-state index contributed by atoms with van der Waals surface area (Å²) in [6, 6.07) is 20.2. The van der Waals surface area contributed by atoms with Gasteiger partial charge in [-0.05, 0) is 30.3 Å². The summed E-state index contributed by atoms with van der Waals surface area (Å²) in [5.41, 5.74) is -2.03. The number of nitrogens with zero attached hydrogens (tertiary/aromatic N) is 2.